The minimum atomic E-state index is -0.999. The number of carboxylic acid groups (broad SMARTS) is 1. The number of aliphatic carboxylic acids is 1. The lowest BCUT2D eigenvalue weighted by Gasteiger charge is -2.49. The van der Waals surface area contributed by atoms with Crippen molar-refractivity contribution in [2.24, 2.45) is 0 Å². The molecule has 0 radical (unpaired) electrons. The van der Waals surface area contributed by atoms with Gasteiger partial charge >= 0.3 is 12.1 Å². The van der Waals surface area contributed by atoms with E-state index in [0.29, 0.717) is 12.5 Å². The molecule has 1 aliphatic carbocycles. The second kappa shape index (κ2) is 11.7. The maximum atomic E-state index is 12.7. The van der Waals surface area contributed by atoms with Gasteiger partial charge in [-0.1, -0.05) is 48.5 Å². The summed E-state index contributed by atoms with van der Waals surface area (Å²) in [6.45, 7) is 5.71. The highest BCUT2D eigenvalue weighted by Crippen LogP contribution is 2.44. The summed E-state index contributed by atoms with van der Waals surface area (Å²) in [4.78, 5) is 24.7. The largest absolute Gasteiger partial charge is 0.480 e. The van der Waals surface area contributed by atoms with E-state index in [1.807, 2.05) is 24.3 Å². The lowest BCUT2D eigenvalue weighted by molar-refractivity contribution is -0.956. The number of ether oxygens (including phenoxy) is 1. The average molecular weight is 507 g/mol. The van der Waals surface area contributed by atoms with E-state index in [1.165, 1.54) is 56.3 Å². The molecule has 37 heavy (non-hydrogen) atoms. The van der Waals surface area contributed by atoms with Crippen molar-refractivity contribution in [2.75, 3.05) is 39.3 Å². The molecule has 0 bridgehead atoms. The molecule has 2 fully saturated rings. The Bertz CT molecular complexity index is 1050. The van der Waals surface area contributed by atoms with Gasteiger partial charge < -0.3 is 25.0 Å². The molecule has 1 amide bonds. The zero-order chi connectivity index (χ0) is 25.7. The van der Waals surface area contributed by atoms with Crippen LogP contribution in [0.15, 0.2) is 48.5 Å². The molecule has 1 atom stereocenters. The molecule has 198 valence electrons. The summed E-state index contributed by atoms with van der Waals surface area (Å²) in [5.41, 5.74) is 4.61. The zero-order valence-corrected chi connectivity index (χ0v) is 21.7. The molecular weight excluding hydrogens is 466 g/mol. The summed E-state index contributed by atoms with van der Waals surface area (Å²) < 4.78 is 6.73. The van der Waals surface area contributed by atoms with Gasteiger partial charge in [-0.2, -0.15) is 0 Å². The molecule has 2 saturated heterocycles. The topological polar surface area (TPSA) is 87.7 Å². The molecule has 2 aliphatic heterocycles. The minimum Gasteiger partial charge on any atom is -0.480 e. The van der Waals surface area contributed by atoms with Crippen LogP contribution >= 0.6 is 0 Å². The van der Waals surface area contributed by atoms with E-state index in [9.17, 15) is 14.7 Å². The van der Waals surface area contributed by atoms with Gasteiger partial charge in [0.15, 0.2) is 0 Å². The third-order valence-electron chi connectivity index (χ3n) is 8.82. The number of carbonyl (C=O) groups excluding carboxylic acids is 1. The highest BCUT2D eigenvalue weighted by molar-refractivity contribution is 5.81. The van der Waals surface area contributed by atoms with Gasteiger partial charge in [-0.25, -0.2) is 9.59 Å². The second-order valence-corrected chi connectivity index (χ2v) is 10.9. The molecule has 7 heteroatoms. The molecule has 0 saturated carbocycles. The van der Waals surface area contributed by atoms with Crippen molar-refractivity contribution >= 4 is 12.1 Å². The first-order chi connectivity index (χ1) is 18.1. The van der Waals surface area contributed by atoms with Gasteiger partial charge in [0.25, 0.3) is 0 Å². The SMILES string of the molecule is O=C(N[C@@H](CCC[N+]1(C2CCNCC2)CCCCC1)C(=O)O)OCC1c2ccccc2-c2ccccc21. The number of nitrogens with one attached hydrogen (secondary N) is 2. The Hall–Kier alpha value is -2.90. The number of carbonyl (C=O) groups is 2. The van der Waals surface area contributed by atoms with Gasteiger partial charge in [0.05, 0.1) is 25.7 Å². The number of quaternary nitrogens is 1. The quantitative estimate of drug-likeness (QED) is 0.436. The third-order valence-corrected chi connectivity index (χ3v) is 8.82. The average Bonchev–Trinajstić information content (AvgIpc) is 3.26. The molecule has 7 nitrogen and oxygen atoms in total. The van der Waals surface area contributed by atoms with Gasteiger partial charge in [-0.15, -0.1) is 0 Å². The number of hydrogen-bond donors (Lipinski definition) is 3. The van der Waals surface area contributed by atoms with Crippen molar-refractivity contribution in [3.63, 3.8) is 0 Å². The van der Waals surface area contributed by atoms with Gasteiger partial charge in [0.1, 0.15) is 12.6 Å². The molecular formula is C30H40N3O4+. The summed E-state index contributed by atoms with van der Waals surface area (Å²) in [7, 11) is 0. The number of likely N-dealkylation sites (tertiary alicyclic amines) is 1. The summed E-state index contributed by atoms with van der Waals surface area (Å²) in [6.07, 6.45) is 6.74. The number of fused-ring (bicyclic) bond motifs is 3. The number of alkyl carbamates (subject to hydrolysis) is 1. The summed E-state index contributed by atoms with van der Waals surface area (Å²) >= 11 is 0. The lowest BCUT2D eigenvalue weighted by Crippen LogP contribution is -2.61. The number of piperidine rings is 2. The summed E-state index contributed by atoms with van der Waals surface area (Å²) in [5, 5.41) is 15.9. The first kappa shape index (κ1) is 25.7. The van der Waals surface area contributed by atoms with Crippen molar-refractivity contribution in [1.29, 1.82) is 0 Å². The van der Waals surface area contributed by atoms with Crippen LogP contribution in [0.5, 0.6) is 0 Å². The number of benzene rings is 2. The Morgan fingerprint density at radius 1 is 0.973 bits per heavy atom. The fraction of sp³-hybridized carbons (Fsp3) is 0.533. The van der Waals surface area contributed by atoms with Gasteiger partial charge in [0.2, 0.25) is 0 Å². The van der Waals surface area contributed by atoms with Gasteiger partial charge in [0, 0.05) is 31.8 Å². The van der Waals surface area contributed by atoms with Crippen LogP contribution in [0.25, 0.3) is 11.1 Å². The standard InChI is InChI=1S/C30H39N3O4/c34-29(35)28(13-8-20-33(18-6-1-7-19-33)22-14-16-31-17-15-22)32-30(36)37-21-27-25-11-4-2-9-23(25)24-10-3-5-12-26(24)27/h2-5,9-12,22,27-28,31H,1,6-8,13-21H2,(H-,32,34,35,36)/p+1/t28-/m0/s1. The highest BCUT2D eigenvalue weighted by atomic mass is 16.5. The van der Waals surface area contributed by atoms with Gasteiger partial charge in [-0.3, -0.25) is 0 Å². The molecule has 5 rings (SSSR count). The number of rotatable bonds is 9. The van der Waals surface area contributed by atoms with Crippen LogP contribution in [0.1, 0.15) is 62.0 Å². The van der Waals surface area contributed by atoms with Crippen LogP contribution in [0.3, 0.4) is 0 Å². The van der Waals surface area contributed by atoms with Crippen molar-refractivity contribution in [3.8, 4) is 11.1 Å². The predicted octanol–water partition coefficient (Wildman–Crippen LogP) is 4.51. The first-order valence-electron chi connectivity index (χ1n) is 14.0. The molecule has 0 spiro atoms. The maximum Gasteiger partial charge on any atom is 0.407 e. The summed E-state index contributed by atoms with van der Waals surface area (Å²) in [5.74, 6) is -1.05. The molecule has 3 N–H and O–H groups in total. The van der Waals surface area contributed by atoms with Crippen LogP contribution in [0, 0.1) is 0 Å². The monoisotopic (exact) mass is 506 g/mol. The van der Waals surface area contributed by atoms with E-state index >= 15 is 0 Å². The molecule has 2 aromatic rings. The van der Waals surface area contributed by atoms with Crippen molar-refractivity contribution < 1.29 is 23.9 Å². The molecule has 0 aromatic heterocycles. The van der Waals surface area contributed by atoms with E-state index in [0.717, 1.165) is 41.7 Å². The fourth-order valence-electron chi connectivity index (χ4n) is 6.92. The lowest BCUT2D eigenvalue weighted by atomic mass is 9.95. The van der Waals surface area contributed by atoms with Crippen LogP contribution in [-0.4, -0.2) is 73.1 Å². The van der Waals surface area contributed by atoms with E-state index < -0.39 is 18.1 Å². The summed E-state index contributed by atoms with van der Waals surface area (Å²) in [6, 6.07) is 16.1. The maximum absolute atomic E-state index is 12.7. The molecule has 2 aromatic carbocycles. The zero-order valence-electron chi connectivity index (χ0n) is 21.7. The Morgan fingerprint density at radius 3 is 2.22 bits per heavy atom. The molecule has 2 heterocycles. The Balaban J connectivity index is 1.16. The second-order valence-electron chi connectivity index (χ2n) is 10.9. The van der Waals surface area contributed by atoms with E-state index in [1.54, 1.807) is 0 Å². The third kappa shape index (κ3) is 5.68. The number of nitrogens with zero attached hydrogens (tertiary/aromatic N) is 1. The van der Waals surface area contributed by atoms with Crippen LogP contribution in [0.4, 0.5) is 4.79 Å². The molecule has 3 aliphatic rings. The highest BCUT2D eigenvalue weighted by Gasteiger charge is 2.38. The van der Waals surface area contributed by atoms with Gasteiger partial charge in [-0.05, 0) is 54.4 Å². The minimum absolute atomic E-state index is 0.0464. The van der Waals surface area contributed by atoms with Crippen LogP contribution in [-0.2, 0) is 9.53 Å². The van der Waals surface area contributed by atoms with E-state index in [4.69, 9.17) is 4.74 Å². The fourth-order valence-corrected chi connectivity index (χ4v) is 6.92. The first-order valence-corrected chi connectivity index (χ1v) is 14.0. The van der Waals surface area contributed by atoms with Crippen LogP contribution < -0.4 is 10.6 Å². The Labute approximate surface area is 219 Å². The van der Waals surface area contributed by atoms with E-state index in [-0.39, 0.29) is 12.5 Å². The number of carboxylic acids is 1. The van der Waals surface area contributed by atoms with Crippen molar-refractivity contribution in [1.82, 2.24) is 10.6 Å². The predicted molar refractivity (Wildman–Crippen MR) is 143 cm³/mol. The van der Waals surface area contributed by atoms with Crippen LogP contribution in [0.2, 0.25) is 0 Å². The number of amides is 1. The smallest absolute Gasteiger partial charge is 0.407 e. The normalized spacial score (nSPS) is 20.0. The Morgan fingerprint density at radius 2 is 1.59 bits per heavy atom. The van der Waals surface area contributed by atoms with Crippen molar-refractivity contribution in [2.45, 2.75) is 62.9 Å². The number of hydrogen-bond acceptors (Lipinski definition) is 4. The van der Waals surface area contributed by atoms with Crippen molar-refractivity contribution in [3.05, 3.63) is 59.7 Å². The molecule has 0 unspecified atom stereocenters. The Kier molecular flexibility index (Phi) is 8.11. The van der Waals surface area contributed by atoms with E-state index in [2.05, 4.69) is 34.9 Å².